The minimum Gasteiger partial charge on any atom is -0.482 e. The summed E-state index contributed by atoms with van der Waals surface area (Å²) in [6.45, 7) is 1.48. The summed E-state index contributed by atoms with van der Waals surface area (Å²) in [7, 11) is 0. The van der Waals surface area contributed by atoms with Crippen LogP contribution in [0, 0.1) is 0 Å². The zero-order valence-corrected chi connectivity index (χ0v) is 14.1. The molecule has 1 aliphatic rings. The SMILES string of the molecule is CC(CCC(=O)O)NC(=O)CN1C(=O)COc2cc(Br)ccc21. The quantitative estimate of drug-likeness (QED) is 0.775. The van der Waals surface area contributed by atoms with Gasteiger partial charge in [-0.2, -0.15) is 0 Å². The van der Waals surface area contributed by atoms with Crippen LogP contribution in [0.25, 0.3) is 0 Å². The largest absolute Gasteiger partial charge is 0.482 e. The Morgan fingerprint density at radius 3 is 2.91 bits per heavy atom. The Morgan fingerprint density at radius 1 is 1.48 bits per heavy atom. The van der Waals surface area contributed by atoms with Gasteiger partial charge in [-0.3, -0.25) is 19.3 Å². The molecule has 1 atom stereocenters. The molecule has 8 heteroatoms. The van der Waals surface area contributed by atoms with Gasteiger partial charge in [-0.15, -0.1) is 0 Å². The van der Waals surface area contributed by atoms with Gasteiger partial charge >= 0.3 is 5.97 Å². The lowest BCUT2D eigenvalue weighted by atomic mass is 10.2. The van der Waals surface area contributed by atoms with Crippen LogP contribution in [0.2, 0.25) is 0 Å². The van der Waals surface area contributed by atoms with Crippen LogP contribution in [0.15, 0.2) is 22.7 Å². The number of hydrogen-bond acceptors (Lipinski definition) is 4. The number of carboxylic acids is 1. The maximum Gasteiger partial charge on any atom is 0.303 e. The molecule has 23 heavy (non-hydrogen) atoms. The van der Waals surface area contributed by atoms with Crippen molar-refractivity contribution in [3.05, 3.63) is 22.7 Å². The zero-order chi connectivity index (χ0) is 17.0. The molecule has 124 valence electrons. The van der Waals surface area contributed by atoms with Crippen LogP contribution in [-0.4, -0.2) is 42.1 Å². The van der Waals surface area contributed by atoms with Crippen LogP contribution in [0.5, 0.6) is 5.75 Å². The number of carbonyl (C=O) groups excluding carboxylic acids is 2. The Kier molecular flexibility index (Phi) is 5.59. The van der Waals surface area contributed by atoms with Gasteiger partial charge in [-0.1, -0.05) is 15.9 Å². The van der Waals surface area contributed by atoms with Gasteiger partial charge in [0.05, 0.1) is 5.69 Å². The van der Waals surface area contributed by atoms with Crippen LogP contribution in [-0.2, 0) is 14.4 Å². The molecular formula is C15H17BrN2O5. The van der Waals surface area contributed by atoms with Crippen LogP contribution in [0.4, 0.5) is 5.69 Å². The van der Waals surface area contributed by atoms with E-state index in [1.165, 1.54) is 4.90 Å². The number of aliphatic carboxylic acids is 1. The molecule has 2 rings (SSSR count). The van der Waals surface area contributed by atoms with E-state index in [4.69, 9.17) is 9.84 Å². The summed E-state index contributed by atoms with van der Waals surface area (Å²) in [5.41, 5.74) is 0.540. The number of ether oxygens (including phenoxy) is 1. The molecule has 0 spiro atoms. The van der Waals surface area contributed by atoms with Crippen LogP contribution in [0.3, 0.4) is 0 Å². The number of hydrogen-bond donors (Lipinski definition) is 2. The highest BCUT2D eigenvalue weighted by atomic mass is 79.9. The van der Waals surface area contributed by atoms with Crippen molar-refractivity contribution in [1.29, 1.82) is 0 Å². The molecule has 2 amide bonds. The Balaban J connectivity index is 2.00. The third-order valence-corrected chi connectivity index (χ3v) is 3.86. The summed E-state index contributed by atoms with van der Waals surface area (Å²) >= 11 is 3.33. The van der Waals surface area contributed by atoms with E-state index in [1.54, 1.807) is 25.1 Å². The first kappa shape index (κ1) is 17.3. The molecule has 0 aromatic heterocycles. The third-order valence-electron chi connectivity index (χ3n) is 3.37. The van der Waals surface area contributed by atoms with Gasteiger partial charge in [0.1, 0.15) is 12.3 Å². The van der Waals surface area contributed by atoms with E-state index in [-0.39, 0.29) is 37.4 Å². The van der Waals surface area contributed by atoms with Gasteiger partial charge in [0.15, 0.2) is 6.61 Å². The summed E-state index contributed by atoms with van der Waals surface area (Å²) in [6.07, 6.45) is 0.316. The predicted octanol–water partition coefficient (Wildman–Crippen LogP) is 1.54. The maximum atomic E-state index is 12.1. The predicted molar refractivity (Wildman–Crippen MR) is 86.5 cm³/mol. The normalized spacial score (nSPS) is 14.7. The molecule has 0 fully saturated rings. The van der Waals surface area contributed by atoms with Crippen molar-refractivity contribution in [2.75, 3.05) is 18.1 Å². The lowest BCUT2D eigenvalue weighted by Crippen LogP contribution is -2.46. The number of nitrogens with zero attached hydrogens (tertiary/aromatic N) is 1. The molecule has 0 aliphatic carbocycles. The molecule has 1 heterocycles. The van der Waals surface area contributed by atoms with Crippen LogP contribution >= 0.6 is 15.9 Å². The molecule has 2 N–H and O–H groups in total. The molecular weight excluding hydrogens is 368 g/mol. The molecule has 0 bridgehead atoms. The number of amides is 2. The molecule has 1 unspecified atom stereocenters. The molecule has 1 aromatic carbocycles. The van der Waals surface area contributed by atoms with Crippen LogP contribution in [0.1, 0.15) is 19.8 Å². The van der Waals surface area contributed by atoms with E-state index in [1.807, 2.05) is 0 Å². The smallest absolute Gasteiger partial charge is 0.303 e. The number of rotatable bonds is 6. The Labute approximate surface area is 141 Å². The van der Waals surface area contributed by atoms with Gasteiger partial charge in [0.25, 0.3) is 5.91 Å². The van der Waals surface area contributed by atoms with Crippen molar-refractivity contribution in [1.82, 2.24) is 5.32 Å². The fourth-order valence-corrected chi connectivity index (χ4v) is 2.57. The van der Waals surface area contributed by atoms with Crippen molar-refractivity contribution in [3.63, 3.8) is 0 Å². The maximum absolute atomic E-state index is 12.1. The number of fused-ring (bicyclic) bond motifs is 1. The number of halogens is 1. The van der Waals surface area contributed by atoms with E-state index >= 15 is 0 Å². The van der Waals surface area contributed by atoms with Gasteiger partial charge in [0.2, 0.25) is 5.91 Å². The molecule has 0 radical (unpaired) electrons. The van der Waals surface area contributed by atoms with E-state index in [9.17, 15) is 14.4 Å². The first-order chi connectivity index (χ1) is 10.9. The fraction of sp³-hybridized carbons (Fsp3) is 0.400. The number of nitrogens with one attached hydrogen (secondary N) is 1. The van der Waals surface area contributed by atoms with Crippen molar-refractivity contribution in [2.45, 2.75) is 25.8 Å². The highest BCUT2D eigenvalue weighted by Crippen LogP contribution is 2.34. The molecule has 1 aliphatic heterocycles. The van der Waals surface area contributed by atoms with Crippen LogP contribution < -0.4 is 15.0 Å². The average Bonchev–Trinajstić information content (AvgIpc) is 2.48. The number of benzene rings is 1. The monoisotopic (exact) mass is 384 g/mol. The van der Waals surface area contributed by atoms with E-state index < -0.39 is 5.97 Å². The Bertz CT molecular complexity index is 634. The van der Waals surface area contributed by atoms with Gasteiger partial charge < -0.3 is 15.2 Å². The van der Waals surface area contributed by atoms with Crippen molar-refractivity contribution >= 4 is 39.4 Å². The first-order valence-electron chi connectivity index (χ1n) is 7.10. The standard InChI is InChI=1S/C15H17BrN2O5/c1-9(2-5-15(21)22)17-13(19)7-18-11-4-3-10(16)6-12(11)23-8-14(18)20/h3-4,6,9H,2,5,7-8H2,1H3,(H,17,19)(H,21,22). The van der Waals surface area contributed by atoms with E-state index in [2.05, 4.69) is 21.2 Å². The Morgan fingerprint density at radius 2 is 2.22 bits per heavy atom. The van der Waals surface area contributed by atoms with E-state index in [0.29, 0.717) is 17.9 Å². The first-order valence-corrected chi connectivity index (χ1v) is 7.90. The molecule has 0 saturated heterocycles. The minimum atomic E-state index is -0.908. The van der Waals surface area contributed by atoms with Gasteiger partial charge in [0, 0.05) is 16.9 Å². The molecule has 7 nitrogen and oxygen atoms in total. The average molecular weight is 385 g/mol. The molecule has 1 aromatic rings. The fourth-order valence-electron chi connectivity index (χ4n) is 2.23. The molecule has 0 saturated carbocycles. The van der Waals surface area contributed by atoms with Gasteiger partial charge in [-0.25, -0.2) is 0 Å². The topological polar surface area (TPSA) is 95.9 Å². The second-order valence-corrected chi connectivity index (χ2v) is 6.20. The summed E-state index contributed by atoms with van der Waals surface area (Å²) in [5, 5.41) is 11.3. The second kappa shape index (κ2) is 7.45. The second-order valence-electron chi connectivity index (χ2n) is 5.28. The van der Waals surface area contributed by atoms with Crippen molar-refractivity contribution < 1.29 is 24.2 Å². The lowest BCUT2D eigenvalue weighted by Gasteiger charge is -2.29. The Hall–Kier alpha value is -2.09. The zero-order valence-electron chi connectivity index (χ0n) is 12.5. The summed E-state index contributed by atoms with van der Waals surface area (Å²) in [6, 6.07) is 4.93. The number of carboxylic acid groups (broad SMARTS) is 1. The van der Waals surface area contributed by atoms with Crippen molar-refractivity contribution in [2.24, 2.45) is 0 Å². The lowest BCUT2D eigenvalue weighted by molar-refractivity contribution is -0.137. The minimum absolute atomic E-state index is 0.0191. The number of anilines is 1. The highest BCUT2D eigenvalue weighted by molar-refractivity contribution is 9.10. The summed E-state index contributed by atoms with van der Waals surface area (Å²) in [5.74, 6) is -1.01. The summed E-state index contributed by atoms with van der Waals surface area (Å²) in [4.78, 5) is 36.0. The van der Waals surface area contributed by atoms with Gasteiger partial charge in [-0.05, 0) is 31.5 Å². The highest BCUT2D eigenvalue weighted by Gasteiger charge is 2.27. The summed E-state index contributed by atoms with van der Waals surface area (Å²) < 4.78 is 6.17. The number of carbonyl (C=O) groups is 3. The van der Waals surface area contributed by atoms with E-state index in [0.717, 1.165) is 4.47 Å². The third kappa shape index (κ3) is 4.69. The van der Waals surface area contributed by atoms with Crippen molar-refractivity contribution in [3.8, 4) is 5.75 Å².